The van der Waals surface area contributed by atoms with Crippen LogP contribution in [-0.4, -0.2) is 17.2 Å². The van der Waals surface area contributed by atoms with Crippen LogP contribution in [0.4, 0.5) is 105 Å². The van der Waals surface area contributed by atoms with Crippen LogP contribution >= 0.6 is 0 Å². The third-order valence-electron chi connectivity index (χ3n) is 9.37. The molecule has 0 saturated heterocycles. The smallest absolute Gasteiger partial charge is 0.269 e. The van der Waals surface area contributed by atoms with E-state index in [2.05, 4.69) is 4.98 Å². The number of nitrogens with zero attached hydrogens (tertiary/aromatic N) is 2. The second-order valence-electron chi connectivity index (χ2n) is 14.5. The maximum absolute atomic E-state index is 14.2. The Morgan fingerprint density at radius 1 is 0.343 bits per heavy atom. The molecule has 0 spiro atoms. The monoisotopic (exact) mass is 1000 g/mol. The molecule has 3 nitrogen and oxygen atoms in total. The summed E-state index contributed by atoms with van der Waals surface area (Å²) in [5.74, 6) is 0. The minimum Gasteiger partial charge on any atom is -0.269 e. The van der Waals surface area contributed by atoms with Gasteiger partial charge in [-0.25, -0.2) is 0 Å². The minimum atomic E-state index is -6.13. The summed E-state index contributed by atoms with van der Waals surface area (Å²) in [5.41, 5.74) is -30.2. The highest BCUT2D eigenvalue weighted by Gasteiger charge is 2.47. The maximum Gasteiger partial charge on any atom is 0.416 e. The molecule has 1 aromatic heterocycles. The molecular weight excluding hydrogens is 979 g/mol. The van der Waals surface area contributed by atoms with E-state index in [0.717, 1.165) is 0 Å². The molecule has 4 aromatic carbocycles. The molecule has 0 atom stereocenters. The number of halogens is 24. The van der Waals surface area contributed by atoms with Crippen LogP contribution < -0.4 is 31.4 Å². The third-order valence-corrected chi connectivity index (χ3v) is 9.37. The van der Waals surface area contributed by atoms with E-state index in [0.29, 0.717) is 0 Å². The van der Waals surface area contributed by atoms with E-state index in [4.69, 9.17) is 4.84 Å². The van der Waals surface area contributed by atoms with Crippen molar-refractivity contribution in [3.63, 3.8) is 0 Å². The van der Waals surface area contributed by atoms with Crippen LogP contribution in [0.5, 0.6) is 0 Å². The van der Waals surface area contributed by atoms with Gasteiger partial charge in [0.25, 0.3) is 0 Å². The largest absolute Gasteiger partial charge is 0.416 e. The Morgan fingerprint density at radius 3 is 0.672 bits per heavy atom. The van der Waals surface area contributed by atoms with Gasteiger partial charge in [0.2, 0.25) is 12.4 Å². The van der Waals surface area contributed by atoms with Gasteiger partial charge in [0.1, 0.15) is 6.15 Å². The predicted octanol–water partition coefficient (Wildman–Crippen LogP) is 11.4. The van der Waals surface area contributed by atoms with Crippen LogP contribution in [0.1, 0.15) is 58.4 Å². The Bertz CT molecular complexity index is 2090. The highest BCUT2D eigenvalue weighted by molar-refractivity contribution is 7.20. The molecule has 0 unspecified atom stereocenters. The zero-order valence-electron chi connectivity index (χ0n) is 32.8. The molecule has 0 aliphatic rings. The molecule has 5 aromatic rings. The molecule has 1 heterocycles. The van der Waals surface area contributed by atoms with Gasteiger partial charge >= 0.3 is 49.4 Å². The van der Waals surface area contributed by atoms with Gasteiger partial charge in [-0.3, -0.25) is 9.82 Å². The highest BCUT2D eigenvalue weighted by atomic mass is 19.4. The van der Waals surface area contributed by atoms with E-state index >= 15 is 0 Å². The van der Waals surface area contributed by atoms with Crippen molar-refractivity contribution in [3.05, 3.63) is 142 Å². The lowest BCUT2D eigenvalue weighted by Gasteiger charge is -2.46. The molecule has 366 valence electrons. The molecule has 0 N–H and O–H groups in total. The normalized spacial score (nSPS) is 13.7. The van der Waals surface area contributed by atoms with Crippen LogP contribution in [0.15, 0.2) is 97.6 Å². The highest BCUT2D eigenvalue weighted by Crippen LogP contribution is 2.41. The maximum atomic E-state index is 14.2. The first-order valence-electron chi connectivity index (χ1n) is 17.9. The lowest BCUT2D eigenvalue weighted by Crippen LogP contribution is -2.75. The van der Waals surface area contributed by atoms with Crippen LogP contribution in [0.3, 0.4) is 0 Å². The standard InChI is InChI=1S/C32H12BF24.C7H11N2O/c34-25(35,36)13-1-14(26(37,38)39)6-21(5-13)33(22-7-15(27(40,41)42)2-16(8-22)28(43,44)45,23-9-17(29(46,47)48)3-18(10-23)30(49,50)51)24-11-19(31(52,53)54)4-20(12-24)32(55,56)57;1-7(2)10-9-5-3-8-4-6-9/h1-12H;3-7H,1-2H3/q-1;+1. The van der Waals surface area contributed by atoms with Gasteiger partial charge in [-0.1, -0.05) is 48.5 Å². The van der Waals surface area contributed by atoms with Crippen molar-refractivity contribution in [2.75, 3.05) is 0 Å². The third kappa shape index (κ3) is 12.8. The van der Waals surface area contributed by atoms with E-state index in [9.17, 15) is 105 Å². The Kier molecular flexibility index (Phi) is 14.4. The summed E-state index contributed by atoms with van der Waals surface area (Å²) in [5, 5.41) is 0. The number of hydrogen-bond donors (Lipinski definition) is 0. The Morgan fingerprint density at radius 2 is 0.522 bits per heavy atom. The van der Waals surface area contributed by atoms with Gasteiger partial charge in [0.05, 0.1) is 56.9 Å². The van der Waals surface area contributed by atoms with Gasteiger partial charge in [-0.15, -0.1) is 0 Å². The van der Waals surface area contributed by atoms with E-state index in [1.54, 1.807) is 29.5 Å². The average molecular weight is 1000 g/mol. The Balaban J connectivity index is 0.000000865. The van der Waals surface area contributed by atoms with E-state index in [-0.39, 0.29) is 6.10 Å². The molecule has 0 fully saturated rings. The number of rotatable bonds is 6. The zero-order valence-corrected chi connectivity index (χ0v) is 32.8. The SMILES string of the molecule is CC(C)O[n+]1ccncc1.FC(F)(F)c1cc([B-](c2cc(C(F)(F)F)cc(C(F)(F)F)c2)(c2cc(C(F)(F)F)cc(C(F)(F)F)c2)c2cc(C(F)(F)F)cc(C(F)(F)F)c2)cc(C(F)(F)F)c1. The van der Waals surface area contributed by atoms with Crippen LogP contribution in [-0.2, 0) is 49.4 Å². The summed E-state index contributed by atoms with van der Waals surface area (Å²) in [6, 6.07) is -8.81. The second-order valence-corrected chi connectivity index (χ2v) is 14.5. The predicted molar refractivity (Wildman–Crippen MR) is 186 cm³/mol. The first-order valence-corrected chi connectivity index (χ1v) is 17.9. The van der Waals surface area contributed by atoms with Gasteiger partial charge in [-0.2, -0.15) is 127 Å². The fourth-order valence-electron chi connectivity index (χ4n) is 6.69. The summed E-state index contributed by atoms with van der Waals surface area (Å²) in [6.45, 7) is 3.96. The molecule has 0 amide bonds. The van der Waals surface area contributed by atoms with Crippen LogP contribution in [0.2, 0.25) is 0 Å². The van der Waals surface area contributed by atoms with Crippen molar-refractivity contribution < 1.29 is 115 Å². The summed E-state index contributed by atoms with van der Waals surface area (Å²) in [4.78, 5) is 9.14. The first kappa shape index (κ1) is 53.8. The van der Waals surface area contributed by atoms with E-state index < -0.39 is 195 Å². The molecule has 0 aliphatic heterocycles. The van der Waals surface area contributed by atoms with Crippen molar-refractivity contribution in [1.29, 1.82) is 0 Å². The Hall–Kier alpha value is -5.86. The number of aromatic nitrogens is 2. The summed E-state index contributed by atoms with van der Waals surface area (Å²) in [7, 11) is 0. The van der Waals surface area contributed by atoms with Crippen molar-refractivity contribution >= 4 is 28.0 Å². The van der Waals surface area contributed by atoms with E-state index in [1.165, 1.54) is 0 Å². The zero-order chi connectivity index (χ0) is 51.3. The average Bonchev–Trinajstić information content (AvgIpc) is 3.15. The van der Waals surface area contributed by atoms with Crippen molar-refractivity contribution in [2.24, 2.45) is 0 Å². The molecule has 0 bridgehead atoms. The topological polar surface area (TPSA) is 26.0 Å². The van der Waals surface area contributed by atoms with Gasteiger partial charge in [0, 0.05) is 4.73 Å². The number of hydrogen-bond acceptors (Lipinski definition) is 2. The lowest BCUT2D eigenvalue weighted by molar-refractivity contribution is -0.898. The molecule has 0 saturated carbocycles. The molecule has 0 aliphatic carbocycles. The summed E-state index contributed by atoms with van der Waals surface area (Å²) < 4.78 is 342. The first-order chi connectivity index (χ1) is 30.0. The lowest BCUT2D eigenvalue weighted by atomic mass is 9.12. The van der Waals surface area contributed by atoms with Gasteiger partial charge in [0.15, 0.2) is 6.10 Å². The van der Waals surface area contributed by atoms with Crippen molar-refractivity contribution in [3.8, 4) is 0 Å². The summed E-state index contributed by atoms with van der Waals surface area (Å²) in [6.07, 6.45) is -47.7. The van der Waals surface area contributed by atoms with Crippen LogP contribution in [0, 0.1) is 0 Å². The molecular formula is C39H23BF24N2O. The van der Waals surface area contributed by atoms with Gasteiger partial charge < -0.3 is 0 Å². The van der Waals surface area contributed by atoms with Crippen molar-refractivity contribution in [1.82, 2.24) is 4.98 Å². The van der Waals surface area contributed by atoms with Crippen molar-refractivity contribution in [2.45, 2.75) is 69.4 Å². The Labute approximate surface area is 359 Å². The van der Waals surface area contributed by atoms with Gasteiger partial charge in [-0.05, 0) is 38.1 Å². The quantitative estimate of drug-likeness (QED) is 0.0962. The van der Waals surface area contributed by atoms with E-state index in [1.807, 2.05) is 13.8 Å². The second kappa shape index (κ2) is 18.0. The number of alkyl halides is 24. The molecule has 67 heavy (non-hydrogen) atoms. The fraction of sp³-hybridized carbons (Fsp3) is 0.282. The molecule has 5 rings (SSSR count). The fourth-order valence-corrected chi connectivity index (χ4v) is 6.69. The summed E-state index contributed by atoms with van der Waals surface area (Å²) >= 11 is 0. The molecule has 0 radical (unpaired) electrons. The number of benzene rings is 4. The van der Waals surface area contributed by atoms with Crippen LogP contribution in [0.25, 0.3) is 0 Å². The molecule has 28 heteroatoms. The minimum absolute atomic E-state index is 0.201.